The zero-order valence-electron chi connectivity index (χ0n) is 9.22. The molecule has 0 amide bonds. The second kappa shape index (κ2) is 5.48. The molecule has 90 valence electrons. The topological polar surface area (TPSA) is 93.3 Å². The quantitative estimate of drug-likeness (QED) is 0.502. The maximum absolute atomic E-state index is 10.5. The Balaban J connectivity index is 1.99. The Kier molecular flexibility index (Phi) is 3.55. The molecule has 0 unspecified atom stereocenters. The molecular formula is C11H9N5O2. The first kappa shape index (κ1) is 11.6. The summed E-state index contributed by atoms with van der Waals surface area (Å²) in [5.41, 5.74) is 3.43. The molecule has 0 radical (unpaired) electrons. The van der Waals surface area contributed by atoms with E-state index in [2.05, 4.69) is 20.5 Å². The summed E-state index contributed by atoms with van der Waals surface area (Å²) in [5.74, 6) is 0.385. The third-order valence-electron chi connectivity index (χ3n) is 2.05. The molecule has 18 heavy (non-hydrogen) atoms. The SMILES string of the molecule is O=[N+]([O-])c1ccc(/C=N\Nc2ncccn2)cc1. The van der Waals surface area contributed by atoms with Crippen LogP contribution in [0.1, 0.15) is 5.56 Å². The number of aromatic nitrogens is 2. The van der Waals surface area contributed by atoms with Crippen molar-refractivity contribution in [1.82, 2.24) is 9.97 Å². The van der Waals surface area contributed by atoms with E-state index in [-0.39, 0.29) is 5.69 Å². The molecule has 0 bridgehead atoms. The molecule has 1 heterocycles. The van der Waals surface area contributed by atoms with Crippen LogP contribution in [0.3, 0.4) is 0 Å². The number of anilines is 1. The first-order valence-electron chi connectivity index (χ1n) is 5.06. The van der Waals surface area contributed by atoms with Gasteiger partial charge in [-0.2, -0.15) is 5.10 Å². The van der Waals surface area contributed by atoms with Gasteiger partial charge in [0.25, 0.3) is 5.69 Å². The molecule has 0 fully saturated rings. The Morgan fingerprint density at radius 1 is 1.22 bits per heavy atom. The van der Waals surface area contributed by atoms with Gasteiger partial charge >= 0.3 is 0 Å². The summed E-state index contributed by atoms with van der Waals surface area (Å²) in [6.45, 7) is 0. The van der Waals surface area contributed by atoms with Crippen molar-refractivity contribution < 1.29 is 4.92 Å². The normalized spacial score (nSPS) is 10.4. The van der Waals surface area contributed by atoms with Crippen LogP contribution >= 0.6 is 0 Å². The average Bonchev–Trinajstić information content (AvgIpc) is 2.40. The van der Waals surface area contributed by atoms with E-state index in [0.29, 0.717) is 5.95 Å². The van der Waals surface area contributed by atoms with E-state index >= 15 is 0 Å². The van der Waals surface area contributed by atoms with E-state index in [4.69, 9.17) is 0 Å². The van der Waals surface area contributed by atoms with E-state index in [1.807, 2.05) is 0 Å². The highest BCUT2D eigenvalue weighted by atomic mass is 16.6. The lowest BCUT2D eigenvalue weighted by Gasteiger charge is -1.96. The number of hydrazone groups is 1. The smallest absolute Gasteiger partial charge is 0.258 e. The molecule has 0 aliphatic carbocycles. The Bertz CT molecular complexity index is 553. The van der Waals surface area contributed by atoms with Gasteiger partial charge in [0, 0.05) is 24.5 Å². The standard InChI is InChI=1S/C11H9N5O2/c17-16(18)10-4-2-9(3-5-10)8-14-15-11-12-6-1-7-13-11/h1-8H,(H,12,13,15)/b14-8-. The van der Waals surface area contributed by atoms with Crippen molar-refractivity contribution >= 4 is 17.9 Å². The second-order valence-corrected chi connectivity index (χ2v) is 3.29. The van der Waals surface area contributed by atoms with E-state index < -0.39 is 4.92 Å². The molecule has 7 nitrogen and oxygen atoms in total. The van der Waals surface area contributed by atoms with Crippen LogP contribution in [-0.4, -0.2) is 21.1 Å². The first-order valence-corrected chi connectivity index (χ1v) is 5.06. The van der Waals surface area contributed by atoms with Gasteiger partial charge in [-0.3, -0.25) is 10.1 Å². The average molecular weight is 243 g/mol. The van der Waals surface area contributed by atoms with Crippen molar-refractivity contribution in [3.05, 3.63) is 58.4 Å². The molecule has 0 spiro atoms. The van der Waals surface area contributed by atoms with Crippen molar-refractivity contribution in [2.45, 2.75) is 0 Å². The third kappa shape index (κ3) is 3.08. The number of rotatable bonds is 4. The fourth-order valence-corrected chi connectivity index (χ4v) is 1.20. The molecular weight excluding hydrogens is 234 g/mol. The minimum atomic E-state index is -0.447. The lowest BCUT2D eigenvalue weighted by molar-refractivity contribution is -0.384. The van der Waals surface area contributed by atoms with Crippen LogP contribution in [0, 0.1) is 10.1 Å². The summed E-state index contributed by atoms with van der Waals surface area (Å²) in [7, 11) is 0. The molecule has 7 heteroatoms. The van der Waals surface area contributed by atoms with Gasteiger partial charge < -0.3 is 0 Å². The number of hydrogen-bond donors (Lipinski definition) is 1. The number of non-ortho nitro benzene ring substituents is 1. The highest BCUT2D eigenvalue weighted by molar-refractivity contribution is 5.80. The van der Waals surface area contributed by atoms with Crippen LogP contribution in [0.4, 0.5) is 11.6 Å². The van der Waals surface area contributed by atoms with Gasteiger partial charge in [0.05, 0.1) is 11.1 Å². The number of nitrogens with zero attached hydrogens (tertiary/aromatic N) is 4. The number of nitro benzene ring substituents is 1. The number of nitrogens with one attached hydrogen (secondary N) is 1. The van der Waals surface area contributed by atoms with Crippen molar-refractivity contribution in [2.75, 3.05) is 5.43 Å². The highest BCUT2D eigenvalue weighted by Crippen LogP contribution is 2.10. The Morgan fingerprint density at radius 3 is 2.50 bits per heavy atom. The third-order valence-corrected chi connectivity index (χ3v) is 2.05. The van der Waals surface area contributed by atoms with Gasteiger partial charge in [0.1, 0.15) is 0 Å². The van der Waals surface area contributed by atoms with Crippen molar-refractivity contribution in [3.8, 4) is 0 Å². The van der Waals surface area contributed by atoms with E-state index in [0.717, 1.165) is 5.56 Å². The summed E-state index contributed by atoms with van der Waals surface area (Å²) in [5, 5.41) is 14.4. The summed E-state index contributed by atoms with van der Waals surface area (Å²) in [6.07, 6.45) is 4.72. The molecule has 2 aromatic rings. The maximum Gasteiger partial charge on any atom is 0.269 e. The predicted octanol–water partition coefficient (Wildman–Crippen LogP) is 1.83. The summed E-state index contributed by atoms with van der Waals surface area (Å²) >= 11 is 0. The zero-order valence-corrected chi connectivity index (χ0v) is 9.22. The highest BCUT2D eigenvalue weighted by Gasteiger charge is 2.02. The van der Waals surface area contributed by atoms with Gasteiger partial charge in [0.2, 0.25) is 5.95 Å². The van der Waals surface area contributed by atoms with E-state index in [1.54, 1.807) is 30.6 Å². The van der Waals surface area contributed by atoms with Gasteiger partial charge in [-0.15, -0.1) is 0 Å². The van der Waals surface area contributed by atoms with Crippen LogP contribution in [-0.2, 0) is 0 Å². The Morgan fingerprint density at radius 2 is 1.89 bits per heavy atom. The molecule has 1 aromatic carbocycles. The van der Waals surface area contributed by atoms with Crippen LogP contribution in [0.5, 0.6) is 0 Å². The predicted molar refractivity (Wildman–Crippen MR) is 66.3 cm³/mol. The first-order chi connectivity index (χ1) is 8.75. The minimum Gasteiger partial charge on any atom is -0.258 e. The van der Waals surface area contributed by atoms with Crippen molar-refractivity contribution in [3.63, 3.8) is 0 Å². The number of hydrogen-bond acceptors (Lipinski definition) is 6. The number of nitro groups is 1. The summed E-state index contributed by atoms with van der Waals surface area (Å²) < 4.78 is 0. The monoisotopic (exact) mass is 243 g/mol. The van der Waals surface area contributed by atoms with Gasteiger partial charge in [-0.05, 0) is 23.8 Å². The lowest BCUT2D eigenvalue weighted by Crippen LogP contribution is -1.95. The Labute approximate surface area is 102 Å². The van der Waals surface area contributed by atoms with Crippen LogP contribution in [0.2, 0.25) is 0 Å². The Hall–Kier alpha value is -2.83. The van der Waals surface area contributed by atoms with Crippen LogP contribution in [0.25, 0.3) is 0 Å². The van der Waals surface area contributed by atoms with E-state index in [9.17, 15) is 10.1 Å². The summed E-state index contributed by atoms with van der Waals surface area (Å²) in [6, 6.07) is 7.75. The molecule has 1 N–H and O–H groups in total. The fraction of sp³-hybridized carbons (Fsp3) is 0. The van der Waals surface area contributed by atoms with Crippen LogP contribution < -0.4 is 5.43 Å². The molecule has 2 rings (SSSR count). The maximum atomic E-state index is 10.5. The molecule has 0 aliphatic rings. The molecule has 0 saturated heterocycles. The fourth-order valence-electron chi connectivity index (χ4n) is 1.20. The zero-order chi connectivity index (χ0) is 12.8. The van der Waals surface area contributed by atoms with Crippen LogP contribution in [0.15, 0.2) is 47.8 Å². The largest absolute Gasteiger partial charge is 0.269 e. The summed E-state index contributed by atoms with van der Waals surface area (Å²) in [4.78, 5) is 17.9. The number of benzene rings is 1. The van der Waals surface area contributed by atoms with E-state index in [1.165, 1.54) is 18.3 Å². The molecule has 1 aromatic heterocycles. The lowest BCUT2D eigenvalue weighted by atomic mass is 10.2. The molecule has 0 saturated carbocycles. The van der Waals surface area contributed by atoms with Crippen molar-refractivity contribution in [1.29, 1.82) is 0 Å². The van der Waals surface area contributed by atoms with Gasteiger partial charge in [-0.1, -0.05) is 0 Å². The molecule has 0 atom stereocenters. The van der Waals surface area contributed by atoms with Gasteiger partial charge in [0.15, 0.2) is 0 Å². The minimum absolute atomic E-state index is 0.0477. The van der Waals surface area contributed by atoms with Crippen molar-refractivity contribution in [2.24, 2.45) is 5.10 Å². The van der Waals surface area contributed by atoms with Gasteiger partial charge in [-0.25, -0.2) is 15.4 Å². The second-order valence-electron chi connectivity index (χ2n) is 3.29. The molecule has 0 aliphatic heterocycles.